The van der Waals surface area contributed by atoms with E-state index in [0.29, 0.717) is 11.3 Å². The zero-order valence-electron chi connectivity index (χ0n) is 15.5. The number of nitrogens with zero attached hydrogens (tertiary/aromatic N) is 3. The van der Waals surface area contributed by atoms with E-state index in [1.54, 1.807) is 20.2 Å². The predicted molar refractivity (Wildman–Crippen MR) is 86.4 cm³/mol. The molecule has 6 nitrogen and oxygen atoms in total. The van der Waals surface area contributed by atoms with E-state index in [1.807, 2.05) is 0 Å². The molecule has 154 valence electrons. The Bertz CT molecular complexity index is 822. The lowest BCUT2D eigenvalue weighted by Crippen LogP contribution is -2.34. The summed E-state index contributed by atoms with van der Waals surface area (Å²) in [6.07, 6.45) is -1.87. The Balaban J connectivity index is 0.00000122. The molecule has 11 heteroatoms. The van der Waals surface area contributed by atoms with Gasteiger partial charge in [-0.05, 0) is 12.5 Å². The number of alkyl halides is 5. The van der Waals surface area contributed by atoms with E-state index in [2.05, 4.69) is 14.8 Å². The number of carbonyl (C=O) groups excluding carboxylic acids is 2. The molecule has 2 aromatic rings. The number of hydrogen-bond donors (Lipinski definition) is 0. The maximum atomic E-state index is 13.0. The van der Waals surface area contributed by atoms with Gasteiger partial charge >= 0.3 is 18.9 Å². The monoisotopic (exact) mass is 407 g/mol. The first-order valence-corrected chi connectivity index (χ1v) is 7.82. The van der Waals surface area contributed by atoms with Crippen molar-refractivity contribution >= 4 is 6.15 Å². The van der Waals surface area contributed by atoms with Crippen LogP contribution in [-0.4, -0.2) is 33.7 Å². The molecule has 0 amide bonds. The van der Waals surface area contributed by atoms with Crippen LogP contribution in [-0.2, 0) is 23.1 Å². The van der Waals surface area contributed by atoms with E-state index < -0.39 is 24.6 Å². The minimum atomic E-state index is -4.45. The van der Waals surface area contributed by atoms with Crippen LogP contribution < -0.4 is 4.74 Å². The quantitative estimate of drug-likeness (QED) is 0.702. The smallest absolute Gasteiger partial charge is 0.394 e. The highest BCUT2D eigenvalue weighted by molar-refractivity contribution is 5.69. The summed E-state index contributed by atoms with van der Waals surface area (Å²) in [4.78, 5) is 20.3. The molecule has 2 aromatic heterocycles. The first-order chi connectivity index (χ1) is 12.8. The fourth-order valence-corrected chi connectivity index (χ4v) is 2.43. The van der Waals surface area contributed by atoms with Gasteiger partial charge < -0.3 is 4.74 Å². The molecular formula is C17H18F5N3O3. The van der Waals surface area contributed by atoms with Crippen LogP contribution in [0.5, 0.6) is 5.75 Å². The summed E-state index contributed by atoms with van der Waals surface area (Å²) in [6.45, 7) is 0.677. The summed E-state index contributed by atoms with van der Waals surface area (Å²) in [6, 6.07) is 1.13. The van der Waals surface area contributed by atoms with Gasteiger partial charge in [0.25, 0.3) is 0 Å². The van der Waals surface area contributed by atoms with Crippen LogP contribution in [0.15, 0.2) is 18.5 Å². The summed E-state index contributed by atoms with van der Waals surface area (Å²) in [5.41, 5.74) is -0.587. The topological polar surface area (TPSA) is 74.1 Å². The maximum Gasteiger partial charge on any atom is 0.394 e. The highest BCUT2D eigenvalue weighted by Gasteiger charge is 2.47. The van der Waals surface area contributed by atoms with E-state index in [1.165, 1.54) is 10.9 Å². The van der Waals surface area contributed by atoms with Crippen LogP contribution in [0.4, 0.5) is 22.0 Å². The molecule has 0 aliphatic rings. The number of rotatable bonds is 5. The van der Waals surface area contributed by atoms with Crippen molar-refractivity contribution in [3.63, 3.8) is 0 Å². The third-order valence-corrected chi connectivity index (χ3v) is 3.91. The molecule has 28 heavy (non-hydrogen) atoms. The van der Waals surface area contributed by atoms with Gasteiger partial charge in [0.2, 0.25) is 0 Å². The molecule has 0 unspecified atom stereocenters. The Labute approximate surface area is 157 Å². The van der Waals surface area contributed by atoms with Crippen molar-refractivity contribution in [3.05, 3.63) is 29.7 Å². The van der Waals surface area contributed by atoms with Gasteiger partial charge in [0.05, 0.1) is 22.9 Å². The molecule has 2 heterocycles. The van der Waals surface area contributed by atoms with Gasteiger partial charge in [-0.15, -0.1) is 0 Å². The summed E-state index contributed by atoms with van der Waals surface area (Å²) in [5, 5.41) is 4.02. The van der Waals surface area contributed by atoms with Crippen LogP contribution in [0.3, 0.4) is 0 Å². The van der Waals surface area contributed by atoms with E-state index in [4.69, 9.17) is 9.59 Å². The normalized spacial score (nSPS) is 11.6. The minimum absolute atomic E-state index is 0.0153. The van der Waals surface area contributed by atoms with Gasteiger partial charge in [-0.2, -0.15) is 36.6 Å². The number of aromatic nitrogens is 3. The Morgan fingerprint density at radius 1 is 1.21 bits per heavy atom. The van der Waals surface area contributed by atoms with Crippen LogP contribution in [0.2, 0.25) is 0 Å². The lowest BCUT2D eigenvalue weighted by Gasteiger charge is -2.27. The van der Waals surface area contributed by atoms with Crippen molar-refractivity contribution in [1.29, 1.82) is 0 Å². The van der Waals surface area contributed by atoms with Crippen molar-refractivity contribution in [1.82, 2.24) is 14.8 Å². The summed E-state index contributed by atoms with van der Waals surface area (Å²) >= 11 is 0. The number of ether oxygens (including phenoxy) is 1. The Morgan fingerprint density at radius 2 is 1.79 bits per heavy atom. The number of pyridine rings is 1. The highest BCUT2D eigenvalue weighted by Crippen LogP contribution is 2.41. The fraction of sp³-hybridized carbons (Fsp3) is 0.471. The minimum Gasteiger partial charge on any atom is -0.434 e. The van der Waals surface area contributed by atoms with Crippen molar-refractivity contribution in [3.8, 4) is 17.0 Å². The Morgan fingerprint density at radius 3 is 2.21 bits per heavy atom. The maximum absolute atomic E-state index is 13.0. The molecule has 0 N–H and O–H groups in total. The lowest BCUT2D eigenvalue weighted by atomic mass is 9.86. The second kappa shape index (κ2) is 8.92. The summed E-state index contributed by atoms with van der Waals surface area (Å²) in [7, 11) is 1.62. The zero-order chi connectivity index (χ0) is 21.7. The van der Waals surface area contributed by atoms with Gasteiger partial charge in [-0.3, -0.25) is 9.67 Å². The number of halogens is 5. The molecule has 0 saturated carbocycles. The van der Waals surface area contributed by atoms with Gasteiger partial charge in [-0.25, -0.2) is 0 Å². The summed E-state index contributed by atoms with van der Waals surface area (Å²) in [5.74, 6) is -0.232. The van der Waals surface area contributed by atoms with Crippen molar-refractivity contribution in [2.24, 2.45) is 12.5 Å². The zero-order valence-corrected chi connectivity index (χ0v) is 15.5. The Kier molecular flexibility index (Phi) is 7.40. The third kappa shape index (κ3) is 5.59. The highest BCUT2D eigenvalue weighted by atomic mass is 19.4. The van der Waals surface area contributed by atoms with Gasteiger partial charge in [0, 0.05) is 31.4 Å². The van der Waals surface area contributed by atoms with E-state index in [0.717, 1.165) is 19.9 Å². The van der Waals surface area contributed by atoms with Crippen LogP contribution in [0.1, 0.15) is 25.1 Å². The average molecular weight is 407 g/mol. The van der Waals surface area contributed by atoms with E-state index >= 15 is 0 Å². The van der Waals surface area contributed by atoms with Gasteiger partial charge in [-0.1, -0.05) is 13.8 Å². The Hall–Kier alpha value is -2.81. The molecule has 0 spiro atoms. The molecule has 2 rings (SSSR count). The van der Waals surface area contributed by atoms with Crippen LogP contribution in [0.25, 0.3) is 11.3 Å². The molecule has 0 bridgehead atoms. The first kappa shape index (κ1) is 23.2. The molecule has 0 radical (unpaired) electrons. The molecule has 0 fully saturated rings. The predicted octanol–water partition coefficient (Wildman–Crippen LogP) is 3.94. The molecule has 0 aliphatic carbocycles. The average Bonchev–Trinajstić information content (AvgIpc) is 2.86. The van der Waals surface area contributed by atoms with E-state index in [-0.39, 0.29) is 23.2 Å². The number of aryl methyl sites for hydroxylation is 2. The third-order valence-electron chi connectivity index (χ3n) is 3.91. The first-order valence-electron chi connectivity index (χ1n) is 7.82. The van der Waals surface area contributed by atoms with Crippen molar-refractivity contribution in [2.75, 3.05) is 0 Å². The second-order valence-corrected chi connectivity index (χ2v) is 6.49. The second-order valence-electron chi connectivity index (χ2n) is 6.49. The summed E-state index contributed by atoms with van der Waals surface area (Å²) < 4.78 is 70.6. The van der Waals surface area contributed by atoms with Gasteiger partial charge in [0.15, 0.2) is 0 Å². The van der Waals surface area contributed by atoms with Crippen LogP contribution >= 0.6 is 0 Å². The molecule has 0 atom stereocenters. The molecule has 0 aromatic carbocycles. The lowest BCUT2D eigenvalue weighted by molar-refractivity contribution is -0.211. The largest absolute Gasteiger partial charge is 0.434 e. The van der Waals surface area contributed by atoms with Crippen LogP contribution in [0, 0.1) is 12.3 Å². The molecular weight excluding hydrogens is 389 g/mol. The number of hydrogen-bond acceptors (Lipinski definition) is 5. The van der Waals surface area contributed by atoms with E-state index in [9.17, 15) is 22.0 Å². The van der Waals surface area contributed by atoms with Gasteiger partial charge in [0.1, 0.15) is 5.75 Å². The fourth-order valence-electron chi connectivity index (χ4n) is 2.43. The SMILES string of the molecule is Cc1cnn(C)c1-c1cnc(CC(C)(C)C(F)(F)F)cc1OC(F)F.O=C=O. The van der Waals surface area contributed by atoms with Crippen molar-refractivity contribution in [2.45, 2.75) is 40.0 Å². The standard InChI is InChI=1S/C16H18F5N3O.CO2/c1-9-7-23-24(4)13(9)11-8-22-10(5-12(11)25-14(17)18)6-15(2,3)16(19,20)21;2-1-3/h5,7-8,14H,6H2,1-4H3;. The molecule has 0 saturated heterocycles. The molecule has 0 aliphatic heterocycles. The van der Waals surface area contributed by atoms with Crippen molar-refractivity contribution < 1.29 is 36.3 Å².